The molecule has 2 fully saturated rings. The fraction of sp³-hybridized carbons (Fsp3) is 0.909. The lowest BCUT2D eigenvalue weighted by molar-refractivity contribution is -0.126. The third-order valence-electron chi connectivity index (χ3n) is 3.42. The second-order valence-electron chi connectivity index (χ2n) is 4.74. The van der Waals surface area contributed by atoms with Crippen molar-refractivity contribution in [3.8, 4) is 0 Å². The number of amides is 1. The van der Waals surface area contributed by atoms with Gasteiger partial charge in [0.1, 0.15) is 0 Å². The zero-order valence-electron chi connectivity index (χ0n) is 8.67. The number of carbonyl (C=O) groups is 1. The minimum Gasteiger partial charge on any atom is -0.356 e. The molecule has 2 rings (SSSR count). The molecule has 1 amide bonds. The summed E-state index contributed by atoms with van der Waals surface area (Å²) >= 11 is 0. The van der Waals surface area contributed by atoms with E-state index >= 15 is 0 Å². The highest BCUT2D eigenvalue weighted by molar-refractivity contribution is 5.79. The molecule has 14 heavy (non-hydrogen) atoms. The monoisotopic (exact) mass is 196 g/mol. The molecule has 3 heteroatoms. The third-order valence-corrected chi connectivity index (χ3v) is 3.42. The van der Waals surface area contributed by atoms with E-state index in [1.54, 1.807) is 0 Å². The second kappa shape index (κ2) is 4.30. The van der Waals surface area contributed by atoms with E-state index < -0.39 is 0 Å². The Kier molecular flexibility index (Phi) is 3.06. The van der Waals surface area contributed by atoms with E-state index in [1.807, 2.05) is 0 Å². The molecule has 0 saturated heterocycles. The molecule has 0 bridgehead atoms. The lowest BCUT2D eigenvalue weighted by Gasteiger charge is -2.27. The van der Waals surface area contributed by atoms with E-state index in [4.69, 9.17) is 5.73 Å². The predicted octanol–water partition coefficient (Wildman–Crippen LogP) is 1.03. The van der Waals surface area contributed by atoms with Crippen LogP contribution in [0.25, 0.3) is 0 Å². The van der Waals surface area contributed by atoms with Crippen molar-refractivity contribution in [1.29, 1.82) is 0 Å². The van der Waals surface area contributed by atoms with Gasteiger partial charge in [0.25, 0.3) is 0 Å². The molecule has 2 aliphatic rings. The molecule has 3 nitrogen and oxygen atoms in total. The Morgan fingerprint density at radius 1 is 1.21 bits per heavy atom. The molecular formula is C11H20N2O. The molecular weight excluding hydrogens is 176 g/mol. The van der Waals surface area contributed by atoms with Gasteiger partial charge in [-0.1, -0.05) is 12.8 Å². The van der Waals surface area contributed by atoms with Crippen LogP contribution in [-0.4, -0.2) is 18.5 Å². The van der Waals surface area contributed by atoms with Gasteiger partial charge in [0.05, 0.1) is 5.92 Å². The Bertz CT molecular complexity index is 213. The first-order valence-electron chi connectivity index (χ1n) is 5.80. The van der Waals surface area contributed by atoms with Crippen LogP contribution >= 0.6 is 0 Å². The normalized spacial score (nSPS) is 32.6. The topological polar surface area (TPSA) is 55.1 Å². The number of hydrogen-bond acceptors (Lipinski definition) is 2. The molecule has 0 aromatic heterocycles. The number of nitrogens with one attached hydrogen (secondary N) is 1. The van der Waals surface area contributed by atoms with Gasteiger partial charge in [0, 0.05) is 12.6 Å². The van der Waals surface area contributed by atoms with Crippen molar-refractivity contribution in [1.82, 2.24) is 5.32 Å². The largest absolute Gasteiger partial charge is 0.356 e. The van der Waals surface area contributed by atoms with Crippen molar-refractivity contribution in [2.75, 3.05) is 6.54 Å². The summed E-state index contributed by atoms with van der Waals surface area (Å²) in [5.41, 5.74) is 5.94. The molecule has 2 saturated carbocycles. The van der Waals surface area contributed by atoms with Gasteiger partial charge in [-0.05, 0) is 31.6 Å². The summed E-state index contributed by atoms with van der Waals surface area (Å²) in [5, 5.41) is 3.03. The quantitative estimate of drug-likeness (QED) is 0.708. The molecule has 0 spiro atoms. The van der Waals surface area contributed by atoms with Crippen LogP contribution in [0.15, 0.2) is 0 Å². The molecule has 80 valence electrons. The summed E-state index contributed by atoms with van der Waals surface area (Å²) in [5.74, 6) is 1.05. The molecule has 0 aromatic carbocycles. The highest BCUT2D eigenvalue weighted by Gasteiger charge is 2.29. The fourth-order valence-corrected chi connectivity index (χ4v) is 2.18. The molecule has 0 heterocycles. The Hall–Kier alpha value is -0.570. The van der Waals surface area contributed by atoms with Gasteiger partial charge < -0.3 is 11.1 Å². The maximum atomic E-state index is 11.7. The van der Waals surface area contributed by atoms with Gasteiger partial charge in [0.15, 0.2) is 0 Å². The van der Waals surface area contributed by atoms with Gasteiger partial charge in [-0.2, -0.15) is 0 Å². The number of rotatable bonds is 3. The van der Waals surface area contributed by atoms with Crippen molar-refractivity contribution < 1.29 is 4.79 Å². The number of carbonyl (C=O) groups excluding carboxylic acids is 1. The standard InChI is InChI=1S/C11H20N2O/c12-10-4-2-1-3-9(10)11(14)13-7-8-5-6-8/h8-10H,1-7,12H2,(H,13,14). The summed E-state index contributed by atoms with van der Waals surface area (Å²) in [6.45, 7) is 0.877. The number of nitrogens with two attached hydrogens (primary N) is 1. The SMILES string of the molecule is NC1CCCCC1C(=O)NCC1CC1. The molecule has 2 atom stereocenters. The van der Waals surface area contributed by atoms with Crippen LogP contribution in [-0.2, 0) is 4.79 Å². The molecule has 0 radical (unpaired) electrons. The van der Waals surface area contributed by atoms with Gasteiger partial charge >= 0.3 is 0 Å². The molecule has 3 N–H and O–H groups in total. The van der Waals surface area contributed by atoms with Crippen LogP contribution in [0.3, 0.4) is 0 Å². The Balaban J connectivity index is 1.76. The summed E-state index contributed by atoms with van der Waals surface area (Å²) < 4.78 is 0. The third kappa shape index (κ3) is 2.47. The van der Waals surface area contributed by atoms with Gasteiger partial charge in [-0.15, -0.1) is 0 Å². The lowest BCUT2D eigenvalue weighted by atomic mass is 9.84. The van der Waals surface area contributed by atoms with E-state index in [0.717, 1.165) is 31.7 Å². The highest BCUT2D eigenvalue weighted by atomic mass is 16.1. The van der Waals surface area contributed by atoms with E-state index in [9.17, 15) is 4.79 Å². The van der Waals surface area contributed by atoms with Gasteiger partial charge in [-0.3, -0.25) is 4.79 Å². The maximum Gasteiger partial charge on any atom is 0.224 e. The Labute approximate surface area is 85.4 Å². The Morgan fingerprint density at radius 3 is 2.57 bits per heavy atom. The molecule has 0 aliphatic heterocycles. The molecule has 2 unspecified atom stereocenters. The average molecular weight is 196 g/mol. The number of hydrogen-bond donors (Lipinski definition) is 2. The first-order chi connectivity index (χ1) is 6.77. The fourth-order valence-electron chi connectivity index (χ4n) is 2.18. The van der Waals surface area contributed by atoms with Gasteiger partial charge in [0.2, 0.25) is 5.91 Å². The lowest BCUT2D eigenvalue weighted by Crippen LogP contribution is -2.44. The zero-order chi connectivity index (χ0) is 9.97. The van der Waals surface area contributed by atoms with Crippen LogP contribution in [0.5, 0.6) is 0 Å². The summed E-state index contributed by atoms with van der Waals surface area (Å²) in [7, 11) is 0. The van der Waals surface area contributed by atoms with Crippen molar-refractivity contribution >= 4 is 5.91 Å². The highest BCUT2D eigenvalue weighted by Crippen LogP contribution is 2.28. The van der Waals surface area contributed by atoms with E-state index in [2.05, 4.69) is 5.32 Å². The van der Waals surface area contributed by atoms with Crippen molar-refractivity contribution in [2.45, 2.75) is 44.6 Å². The summed E-state index contributed by atoms with van der Waals surface area (Å²) in [6, 6.07) is 0.1000. The summed E-state index contributed by atoms with van der Waals surface area (Å²) in [6.07, 6.45) is 6.93. The van der Waals surface area contributed by atoms with Crippen LogP contribution in [0, 0.1) is 11.8 Å². The smallest absolute Gasteiger partial charge is 0.224 e. The summed E-state index contributed by atoms with van der Waals surface area (Å²) in [4.78, 5) is 11.7. The van der Waals surface area contributed by atoms with Crippen LogP contribution in [0.1, 0.15) is 38.5 Å². The molecule has 2 aliphatic carbocycles. The second-order valence-corrected chi connectivity index (χ2v) is 4.74. The van der Waals surface area contributed by atoms with Crippen molar-refractivity contribution in [3.05, 3.63) is 0 Å². The zero-order valence-corrected chi connectivity index (χ0v) is 8.67. The average Bonchev–Trinajstić information content (AvgIpc) is 2.98. The minimum atomic E-state index is 0.0856. The maximum absolute atomic E-state index is 11.7. The van der Waals surface area contributed by atoms with Crippen LogP contribution in [0.2, 0.25) is 0 Å². The van der Waals surface area contributed by atoms with E-state index in [0.29, 0.717) is 0 Å². The predicted molar refractivity (Wildman–Crippen MR) is 55.7 cm³/mol. The van der Waals surface area contributed by atoms with Crippen molar-refractivity contribution in [2.24, 2.45) is 17.6 Å². The van der Waals surface area contributed by atoms with Crippen molar-refractivity contribution in [3.63, 3.8) is 0 Å². The van der Waals surface area contributed by atoms with E-state index in [-0.39, 0.29) is 17.9 Å². The minimum absolute atomic E-state index is 0.0856. The van der Waals surface area contributed by atoms with Gasteiger partial charge in [-0.25, -0.2) is 0 Å². The Morgan fingerprint density at radius 2 is 1.93 bits per heavy atom. The van der Waals surface area contributed by atoms with Crippen LogP contribution < -0.4 is 11.1 Å². The first-order valence-corrected chi connectivity index (χ1v) is 5.80. The molecule has 0 aromatic rings. The van der Waals surface area contributed by atoms with E-state index in [1.165, 1.54) is 19.3 Å². The van der Waals surface area contributed by atoms with Crippen LogP contribution in [0.4, 0.5) is 0 Å². The first kappa shape index (κ1) is 9.97.